The van der Waals surface area contributed by atoms with Gasteiger partial charge in [-0.25, -0.2) is 0 Å². The summed E-state index contributed by atoms with van der Waals surface area (Å²) in [5.41, 5.74) is 0.681. The molecule has 4 nitrogen and oxygen atoms in total. The van der Waals surface area contributed by atoms with Crippen LogP contribution in [0.2, 0.25) is 0 Å². The van der Waals surface area contributed by atoms with Gasteiger partial charge in [0, 0.05) is 0 Å². The summed E-state index contributed by atoms with van der Waals surface area (Å²) in [6, 6.07) is 5.92. The Morgan fingerprint density at radius 1 is 1.31 bits per heavy atom. The number of benzene rings is 1. The molecule has 0 saturated heterocycles. The van der Waals surface area contributed by atoms with Crippen molar-refractivity contribution in [3.05, 3.63) is 24.3 Å². The van der Waals surface area contributed by atoms with Crippen LogP contribution in [0, 0.1) is 0 Å². The minimum atomic E-state index is -4.96. The van der Waals surface area contributed by atoms with E-state index in [4.69, 9.17) is 4.42 Å². The minimum absolute atomic E-state index is 0.306. The lowest BCUT2D eigenvalue weighted by atomic mass is 10.3. The van der Waals surface area contributed by atoms with Crippen molar-refractivity contribution in [3.63, 3.8) is 0 Å². The molecule has 0 bridgehead atoms. The summed E-state index contributed by atoms with van der Waals surface area (Å²) < 4.78 is 40.6. The van der Waals surface area contributed by atoms with Gasteiger partial charge in [-0.2, -0.15) is 18.2 Å². The van der Waals surface area contributed by atoms with Crippen LogP contribution in [0.25, 0.3) is 11.1 Å². The zero-order valence-corrected chi connectivity index (χ0v) is 7.71. The lowest BCUT2D eigenvalue weighted by Crippen LogP contribution is -2.30. The summed E-state index contributed by atoms with van der Waals surface area (Å²) in [7, 11) is 0. The standard InChI is InChI=1S/C9H5F3N2O2/c10-9(11,12)7(15)14-8-13-5-3-1-2-4-6(5)16-8/h1-4H,(H,13,14,15). The molecule has 0 atom stereocenters. The van der Waals surface area contributed by atoms with E-state index in [1.165, 1.54) is 11.4 Å². The van der Waals surface area contributed by atoms with Gasteiger partial charge >= 0.3 is 18.1 Å². The summed E-state index contributed by atoms with van der Waals surface area (Å²) in [6.45, 7) is 0. The molecule has 2 aromatic rings. The fourth-order valence-electron chi connectivity index (χ4n) is 1.09. The highest BCUT2D eigenvalue weighted by Crippen LogP contribution is 2.21. The van der Waals surface area contributed by atoms with E-state index in [2.05, 4.69) is 4.98 Å². The molecule has 16 heavy (non-hydrogen) atoms. The maximum absolute atomic E-state index is 11.9. The Kier molecular flexibility index (Phi) is 2.30. The van der Waals surface area contributed by atoms with Gasteiger partial charge in [0.1, 0.15) is 5.52 Å². The van der Waals surface area contributed by atoms with Gasteiger partial charge in [0.25, 0.3) is 0 Å². The van der Waals surface area contributed by atoms with Gasteiger partial charge in [-0.3, -0.25) is 10.1 Å². The first kappa shape index (κ1) is 10.5. The molecule has 1 aromatic carbocycles. The number of carbonyl (C=O) groups is 1. The van der Waals surface area contributed by atoms with Gasteiger partial charge in [0.2, 0.25) is 0 Å². The third kappa shape index (κ3) is 1.97. The maximum Gasteiger partial charge on any atom is 0.471 e. The van der Waals surface area contributed by atoms with Gasteiger partial charge < -0.3 is 4.42 Å². The summed E-state index contributed by atoms with van der Waals surface area (Å²) in [4.78, 5) is 14.2. The predicted octanol–water partition coefficient (Wildman–Crippen LogP) is 2.33. The number of amides is 1. The van der Waals surface area contributed by atoms with E-state index >= 15 is 0 Å². The molecular formula is C9H5F3N2O2. The summed E-state index contributed by atoms with van der Waals surface area (Å²) in [5, 5.41) is 1.53. The number of anilines is 1. The van der Waals surface area contributed by atoms with Gasteiger partial charge in [-0.1, -0.05) is 12.1 Å². The number of para-hydroxylation sites is 2. The first-order valence-corrected chi connectivity index (χ1v) is 4.20. The normalized spacial score (nSPS) is 11.7. The number of oxazole rings is 1. The molecule has 7 heteroatoms. The SMILES string of the molecule is O=C(Nc1nc2ccccc2o1)C(F)(F)F. The van der Waals surface area contributed by atoms with Crippen molar-refractivity contribution < 1.29 is 22.4 Å². The quantitative estimate of drug-likeness (QED) is 0.817. The van der Waals surface area contributed by atoms with Gasteiger partial charge in [0.05, 0.1) is 0 Å². The smallest absolute Gasteiger partial charge is 0.423 e. The van der Waals surface area contributed by atoms with E-state index in [9.17, 15) is 18.0 Å². The van der Waals surface area contributed by atoms with Crippen molar-refractivity contribution in [2.45, 2.75) is 6.18 Å². The van der Waals surface area contributed by atoms with Crippen molar-refractivity contribution in [2.75, 3.05) is 5.32 Å². The van der Waals surface area contributed by atoms with Crippen molar-refractivity contribution >= 4 is 23.0 Å². The predicted molar refractivity (Wildman–Crippen MR) is 48.7 cm³/mol. The number of carbonyl (C=O) groups excluding carboxylic acids is 1. The van der Waals surface area contributed by atoms with Crippen LogP contribution in [0.1, 0.15) is 0 Å². The third-order valence-corrected chi connectivity index (χ3v) is 1.77. The van der Waals surface area contributed by atoms with Crippen LogP contribution >= 0.6 is 0 Å². The summed E-state index contributed by atoms with van der Waals surface area (Å²) >= 11 is 0. The summed E-state index contributed by atoms with van der Waals surface area (Å²) in [5.74, 6) is -2.11. The molecular weight excluding hydrogens is 225 g/mol. The van der Waals surface area contributed by atoms with E-state index in [1.54, 1.807) is 18.2 Å². The van der Waals surface area contributed by atoms with Gasteiger partial charge in [0.15, 0.2) is 5.58 Å². The lowest BCUT2D eigenvalue weighted by molar-refractivity contribution is -0.167. The number of hydrogen-bond donors (Lipinski definition) is 1. The number of nitrogens with zero attached hydrogens (tertiary/aromatic N) is 1. The molecule has 0 aliphatic carbocycles. The molecule has 1 amide bonds. The number of hydrogen-bond acceptors (Lipinski definition) is 3. The Labute approximate surface area is 87.1 Å². The molecule has 2 rings (SSSR count). The monoisotopic (exact) mass is 230 g/mol. The number of aromatic nitrogens is 1. The first-order valence-electron chi connectivity index (χ1n) is 4.20. The first-order chi connectivity index (χ1) is 7.47. The Balaban J connectivity index is 2.25. The molecule has 1 N–H and O–H groups in total. The fraction of sp³-hybridized carbons (Fsp3) is 0.111. The van der Waals surface area contributed by atoms with E-state index < -0.39 is 18.1 Å². The summed E-state index contributed by atoms with van der Waals surface area (Å²) in [6.07, 6.45) is -4.96. The molecule has 0 unspecified atom stereocenters. The van der Waals surface area contributed by atoms with Crippen LogP contribution < -0.4 is 5.32 Å². The van der Waals surface area contributed by atoms with Crippen molar-refractivity contribution in [1.82, 2.24) is 4.98 Å². The molecule has 0 aliphatic heterocycles. The molecule has 0 radical (unpaired) electrons. The second-order valence-electron chi connectivity index (χ2n) is 2.94. The van der Waals surface area contributed by atoms with Crippen LogP contribution in [0.5, 0.6) is 0 Å². The number of fused-ring (bicyclic) bond motifs is 1. The molecule has 84 valence electrons. The molecule has 0 aliphatic rings. The van der Waals surface area contributed by atoms with Gasteiger partial charge in [-0.05, 0) is 12.1 Å². The average Bonchev–Trinajstić information content (AvgIpc) is 2.58. The van der Waals surface area contributed by atoms with Crippen LogP contribution in [0.3, 0.4) is 0 Å². The van der Waals surface area contributed by atoms with E-state index in [-0.39, 0.29) is 0 Å². The number of nitrogens with one attached hydrogen (secondary N) is 1. The number of alkyl halides is 3. The molecule has 0 fully saturated rings. The largest absolute Gasteiger partial charge is 0.471 e. The van der Waals surface area contributed by atoms with E-state index in [0.717, 1.165) is 0 Å². The molecule has 0 spiro atoms. The Hall–Kier alpha value is -2.05. The Morgan fingerprint density at radius 2 is 2.00 bits per heavy atom. The highest BCUT2D eigenvalue weighted by molar-refractivity contribution is 5.94. The Morgan fingerprint density at radius 3 is 2.62 bits per heavy atom. The van der Waals surface area contributed by atoms with Crippen molar-refractivity contribution in [2.24, 2.45) is 0 Å². The molecule has 0 saturated carbocycles. The fourth-order valence-corrected chi connectivity index (χ4v) is 1.09. The third-order valence-electron chi connectivity index (χ3n) is 1.77. The highest BCUT2D eigenvalue weighted by Gasteiger charge is 2.39. The highest BCUT2D eigenvalue weighted by atomic mass is 19.4. The van der Waals surface area contributed by atoms with E-state index in [1.807, 2.05) is 0 Å². The van der Waals surface area contributed by atoms with Crippen LogP contribution in [-0.4, -0.2) is 17.1 Å². The second-order valence-corrected chi connectivity index (χ2v) is 2.94. The zero-order chi connectivity index (χ0) is 11.8. The minimum Gasteiger partial charge on any atom is -0.423 e. The van der Waals surface area contributed by atoms with Crippen molar-refractivity contribution in [1.29, 1.82) is 0 Å². The topological polar surface area (TPSA) is 55.1 Å². The zero-order valence-electron chi connectivity index (χ0n) is 7.71. The maximum atomic E-state index is 11.9. The Bertz CT molecular complexity index is 500. The lowest BCUT2D eigenvalue weighted by Gasteiger charge is -2.03. The van der Waals surface area contributed by atoms with Crippen LogP contribution in [0.15, 0.2) is 28.7 Å². The number of rotatable bonds is 1. The molecule has 1 heterocycles. The van der Waals surface area contributed by atoms with Crippen LogP contribution in [-0.2, 0) is 4.79 Å². The van der Waals surface area contributed by atoms with E-state index in [0.29, 0.717) is 11.1 Å². The van der Waals surface area contributed by atoms with Crippen molar-refractivity contribution in [3.8, 4) is 0 Å². The number of halogens is 3. The second kappa shape index (κ2) is 3.51. The molecule has 1 aromatic heterocycles. The average molecular weight is 230 g/mol. The van der Waals surface area contributed by atoms with Gasteiger partial charge in [-0.15, -0.1) is 0 Å². The van der Waals surface area contributed by atoms with Crippen LogP contribution in [0.4, 0.5) is 19.2 Å².